The number of nitrogens with one attached hydrogen (secondary N) is 2. The number of H-pyrrole nitrogens is 1. The summed E-state index contributed by atoms with van der Waals surface area (Å²) in [5.41, 5.74) is 2.35. The fraction of sp³-hybridized carbons (Fsp3) is 0.316. The van der Waals surface area contributed by atoms with Crippen molar-refractivity contribution in [2.24, 2.45) is 13.0 Å². The van der Waals surface area contributed by atoms with E-state index < -0.39 is 0 Å². The van der Waals surface area contributed by atoms with Crippen LogP contribution in [0.3, 0.4) is 0 Å². The Kier molecular flexibility index (Phi) is 4.20. The van der Waals surface area contributed by atoms with Gasteiger partial charge in [0.25, 0.3) is 11.5 Å². The first-order valence-corrected chi connectivity index (χ1v) is 8.74. The lowest BCUT2D eigenvalue weighted by Gasteiger charge is -2.18. The normalized spacial score (nSPS) is 17.0. The van der Waals surface area contributed by atoms with Crippen LogP contribution in [0.4, 0.5) is 5.69 Å². The molecule has 0 radical (unpaired) electrons. The Bertz CT molecular complexity index is 1010. The van der Waals surface area contributed by atoms with Crippen LogP contribution in [-0.2, 0) is 7.05 Å². The first-order chi connectivity index (χ1) is 12.6. The molecule has 0 spiro atoms. The van der Waals surface area contributed by atoms with Crippen molar-refractivity contribution in [1.29, 1.82) is 0 Å². The van der Waals surface area contributed by atoms with Gasteiger partial charge in [-0.1, -0.05) is 6.07 Å². The van der Waals surface area contributed by atoms with Crippen molar-refractivity contribution in [3.05, 3.63) is 58.6 Å². The van der Waals surface area contributed by atoms with Gasteiger partial charge in [0, 0.05) is 50.0 Å². The number of nitrogens with zero attached hydrogens (tertiary/aromatic N) is 3. The maximum atomic E-state index is 12.4. The second kappa shape index (κ2) is 6.67. The molecule has 1 unspecified atom stereocenters. The third-order valence-corrected chi connectivity index (χ3v) is 4.97. The van der Waals surface area contributed by atoms with Crippen LogP contribution >= 0.6 is 0 Å². The lowest BCUT2D eigenvalue weighted by molar-refractivity contribution is 0.0948. The van der Waals surface area contributed by atoms with E-state index >= 15 is 0 Å². The van der Waals surface area contributed by atoms with Crippen molar-refractivity contribution >= 4 is 22.5 Å². The number of hydrogen-bond donors (Lipinski definition) is 2. The molecule has 0 aliphatic carbocycles. The van der Waals surface area contributed by atoms with Gasteiger partial charge >= 0.3 is 0 Å². The zero-order valence-corrected chi connectivity index (χ0v) is 14.6. The number of hydrogen-bond acceptors (Lipinski definition) is 4. The van der Waals surface area contributed by atoms with E-state index in [2.05, 4.69) is 20.3 Å². The fourth-order valence-corrected chi connectivity index (χ4v) is 3.39. The lowest BCUT2D eigenvalue weighted by Crippen LogP contribution is -2.31. The van der Waals surface area contributed by atoms with E-state index in [1.54, 1.807) is 19.3 Å². The summed E-state index contributed by atoms with van der Waals surface area (Å²) in [5, 5.41) is 8.19. The Balaban J connectivity index is 1.35. The third-order valence-electron chi connectivity index (χ3n) is 4.97. The van der Waals surface area contributed by atoms with Crippen molar-refractivity contribution in [2.45, 2.75) is 6.42 Å². The summed E-state index contributed by atoms with van der Waals surface area (Å²) in [5.74, 6) is 0.299. The molecule has 1 aliphatic rings. The lowest BCUT2D eigenvalue weighted by atomic mass is 10.1. The van der Waals surface area contributed by atoms with Crippen LogP contribution in [0.15, 0.2) is 47.5 Å². The van der Waals surface area contributed by atoms with Crippen LogP contribution in [0.5, 0.6) is 0 Å². The van der Waals surface area contributed by atoms with Crippen molar-refractivity contribution in [2.75, 3.05) is 24.5 Å². The van der Waals surface area contributed by atoms with E-state index in [4.69, 9.17) is 0 Å². The second-order valence-corrected chi connectivity index (χ2v) is 6.77. The molecule has 26 heavy (non-hydrogen) atoms. The molecular weight excluding hydrogens is 330 g/mol. The van der Waals surface area contributed by atoms with E-state index in [9.17, 15) is 9.59 Å². The number of carbonyl (C=O) groups excluding carboxylic acids is 1. The number of fused-ring (bicyclic) bond motifs is 1. The molecule has 0 saturated carbocycles. The number of anilines is 1. The summed E-state index contributed by atoms with van der Waals surface area (Å²) in [6.45, 7) is 2.30. The summed E-state index contributed by atoms with van der Waals surface area (Å²) >= 11 is 0. The van der Waals surface area contributed by atoms with Crippen LogP contribution in [0.1, 0.15) is 16.8 Å². The molecule has 1 saturated heterocycles. The molecule has 4 rings (SSSR count). The molecule has 2 aromatic heterocycles. The first kappa shape index (κ1) is 16.4. The minimum Gasteiger partial charge on any atom is -0.370 e. The average Bonchev–Trinajstić information content (AvgIpc) is 3.30. The highest BCUT2D eigenvalue weighted by molar-refractivity contribution is 5.97. The van der Waals surface area contributed by atoms with Crippen LogP contribution in [0.2, 0.25) is 0 Å². The van der Waals surface area contributed by atoms with Gasteiger partial charge in [0.2, 0.25) is 0 Å². The van der Waals surface area contributed by atoms with Crippen LogP contribution < -0.4 is 15.8 Å². The monoisotopic (exact) mass is 351 g/mol. The summed E-state index contributed by atoms with van der Waals surface area (Å²) in [6, 6.07) is 9.26. The van der Waals surface area contributed by atoms with Crippen molar-refractivity contribution in [1.82, 2.24) is 20.1 Å². The highest BCUT2D eigenvalue weighted by Gasteiger charge is 2.24. The highest BCUT2D eigenvalue weighted by atomic mass is 16.1. The number of aryl methyl sites for hydroxylation is 1. The van der Waals surface area contributed by atoms with Gasteiger partial charge in [0.05, 0.1) is 11.9 Å². The molecule has 7 nitrogen and oxygen atoms in total. The Labute approximate surface area is 150 Å². The maximum Gasteiger partial charge on any atom is 0.268 e. The molecule has 1 atom stereocenters. The topological polar surface area (TPSA) is 83.0 Å². The molecule has 7 heteroatoms. The van der Waals surface area contributed by atoms with Gasteiger partial charge in [-0.05, 0) is 35.9 Å². The van der Waals surface area contributed by atoms with Crippen molar-refractivity contribution in [3.8, 4) is 0 Å². The summed E-state index contributed by atoms with van der Waals surface area (Å²) < 4.78 is 1.32. The number of carbonyl (C=O) groups is 1. The minimum atomic E-state index is -0.112. The van der Waals surface area contributed by atoms with E-state index in [0.717, 1.165) is 36.1 Å². The van der Waals surface area contributed by atoms with Gasteiger partial charge in [0.15, 0.2) is 0 Å². The van der Waals surface area contributed by atoms with E-state index in [0.29, 0.717) is 18.0 Å². The van der Waals surface area contributed by atoms with Gasteiger partial charge in [-0.2, -0.15) is 5.10 Å². The molecule has 1 aromatic carbocycles. The fourth-order valence-electron chi connectivity index (χ4n) is 3.39. The summed E-state index contributed by atoms with van der Waals surface area (Å²) in [6.07, 6.45) is 4.56. The Morgan fingerprint density at radius 2 is 2.23 bits per heavy atom. The van der Waals surface area contributed by atoms with E-state index in [-0.39, 0.29) is 11.5 Å². The minimum absolute atomic E-state index is 0.0600. The Morgan fingerprint density at radius 3 is 3.08 bits per heavy atom. The standard InChI is InChI=1S/C19H21N5O2/c1-23-18(25)9-16(11-22-23)24-7-5-13(12-24)10-21-19(26)15-3-2-14-4-6-20-17(14)8-15/h2-4,6,8-9,11,13,20H,5,7,10,12H2,1H3,(H,21,26). The van der Waals surface area contributed by atoms with Gasteiger partial charge in [-0.15, -0.1) is 0 Å². The quantitative estimate of drug-likeness (QED) is 0.747. The van der Waals surface area contributed by atoms with Crippen LogP contribution in [-0.4, -0.2) is 40.3 Å². The number of rotatable bonds is 4. The van der Waals surface area contributed by atoms with Crippen LogP contribution in [0.25, 0.3) is 10.9 Å². The zero-order valence-electron chi connectivity index (χ0n) is 14.6. The molecule has 1 aliphatic heterocycles. The molecule has 134 valence electrons. The summed E-state index contributed by atoms with van der Waals surface area (Å²) in [7, 11) is 1.64. The van der Waals surface area contributed by atoms with Crippen molar-refractivity contribution in [3.63, 3.8) is 0 Å². The largest absolute Gasteiger partial charge is 0.370 e. The van der Waals surface area contributed by atoms with Gasteiger partial charge in [0.1, 0.15) is 0 Å². The van der Waals surface area contributed by atoms with Gasteiger partial charge in [-0.3, -0.25) is 9.59 Å². The van der Waals surface area contributed by atoms with E-state index in [1.807, 2.05) is 30.5 Å². The molecule has 3 aromatic rings. The predicted molar refractivity (Wildman–Crippen MR) is 100 cm³/mol. The zero-order chi connectivity index (χ0) is 18.1. The molecule has 1 amide bonds. The summed E-state index contributed by atoms with van der Waals surface area (Å²) in [4.78, 5) is 29.4. The Morgan fingerprint density at radius 1 is 1.35 bits per heavy atom. The molecule has 1 fully saturated rings. The average molecular weight is 351 g/mol. The number of aromatic nitrogens is 3. The Hall–Kier alpha value is -3.09. The molecule has 0 bridgehead atoms. The van der Waals surface area contributed by atoms with Gasteiger partial charge in [-0.25, -0.2) is 4.68 Å². The molecule has 2 N–H and O–H groups in total. The SMILES string of the molecule is Cn1ncc(N2CCC(CNC(=O)c3ccc4cc[nH]c4c3)C2)cc1=O. The predicted octanol–water partition coefficient (Wildman–Crippen LogP) is 1.52. The van der Waals surface area contributed by atoms with Crippen molar-refractivity contribution < 1.29 is 4.79 Å². The number of aromatic amines is 1. The maximum absolute atomic E-state index is 12.4. The highest BCUT2D eigenvalue weighted by Crippen LogP contribution is 2.21. The van der Waals surface area contributed by atoms with E-state index in [1.165, 1.54) is 4.68 Å². The second-order valence-electron chi connectivity index (χ2n) is 6.77. The first-order valence-electron chi connectivity index (χ1n) is 8.74. The number of benzene rings is 1. The number of amides is 1. The van der Waals surface area contributed by atoms with Crippen LogP contribution in [0, 0.1) is 5.92 Å². The van der Waals surface area contributed by atoms with Gasteiger partial charge < -0.3 is 15.2 Å². The third kappa shape index (κ3) is 3.20. The smallest absolute Gasteiger partial charge is 0.268 e. The molecular formula is C19H21N5O2. The molecule has 3 heterocycles.